The fourth-order valence-electron chi connectivity index (χ4n) is 0.945. The maximum Gasteiger partial charge on any atom is 0.315 e. The van der Waals surface area contributed by atoms with E-state index in [0.717, 1.165) is 0 Å². The van der Waals surface area contributed by atoms with Crippen molar-refractivity contribution >= 4 is 5.97 Å². The quantitative estimate of drug-likeness (QED) is 0.809. The number of hydrogen-bond acceptors (Lipinski definition) is 4. The van der Waals surface area contributed by atoms with Gasteiger partial charge in [-0.25, -0.2) is 0 Å². The van der Waals surface area contributed by atoms with Crippen LogP contribution >= 0.6 is 0 Å². The molecule has 0 aliphatic heterocycles. The molecule has 0 aliphatic rings. The molecule has 7 heteroatoms. The van der Waals surface area contributed by atoms with Gasteiger partial charge in [-0.2, -0.15) is 13.8 Å². The normalized spacial score (nSPS) is 13.1. The molecule has 0 aliphatic carbocycles. The summed E-state index contributed by atoms with van der Waals surface area (Å²) in [4.78, 5) is 13.9. The molecule has 0 fully saturated rings. The summed E-state index contributed by atoms with van der Waals surface area (Å²) in [5.41, 5.74) is 0. The number of rotatable bonds is 4. The zero-order valence-corrected chi connectivity index (χ0v) is 7.28. The molecule has 0 saturated carbocycles. The van der Waals surface area contributed by atoms with Crippen LogP contribution < -0.4 is 0 Å². The first kappa shape index (κ1) is 10.6. The van der Waals surface area contributed by atoms with Crippen LogP contribution in [0.2, 0.25) is 0 Å². The van der Waals surface area contributed by atoms with Gasteiger partial charge < -0.3 is 9.63 Å². The lowest BCUT2D eigenvalue weighted by molar-refractivity contribution is -0.139. The minimum Gasteiger partial charge on any atom is -0.481 e. The average Bonchev–Trinajstić information content (AvgIpc) is 2.53. The third-order valence-corrected chi connectivity index (χ3v) is 1.66. The largest absolute Gasteiger partial charge is 0.481 e. The summed E-state index contributed by atoms with van der Waals surface area (Å²) in [6, 6.07) is 0. The van der Waals surface area contributed by atoms with Crippen molar-refractivity contribution < 1.29 is 23.2 Å². The zero-order chi connectivity index (χ0) is 10.7. The zero-order valence-electron chi connectivity index (χ0n) is 7.28. The Bertz CT molecular complexity index is 326. The predicted octanol–water partition coefficient (Wildman–Crippen LogP) is 1.59. The molecule has 0 aromatic carbocycles. The van der Waals surface area contributed by atoms with Gasteiger partial charge in [-0.05, 0) is 6.42 Å². The van der Waals surface area contributed by atoms with Gasteiger partial charge in [0.2, 0.25) is 0 Å². The number of nitrogens with zero attached hydrogens (tertiary/aromatic N) is 2. The van der Waals surface area contributed by atoms with E-state index in [1.54, 1.807) is 6.92 Å². The van der Waals surface area contributed by atoms with Gasteiger partial charge in [0.15, 0.2) is 5.82 Å². The fraction of sp³-hybridized carbons (Fsp3) is 0.571. The van der Waals surface area contributed by atoms with Crippen LogP contribution in [-0.2, 0) is 4.79 Å². The van der Waals surface area contributed by atoms with Crippen LogP contribution in [0.4, 0.5) is 8.78 Å². The summed E-state index contributed by atoms with van der Waals surface area (Å²) in [6.45, 7) is 1.59. The second-order valence-electron chi connectivity index (χ2n) is 2.59. The van der Waals surface area contributed by atoms with Crippen LogP contribution in [-0.4, -0.2) is 21.2 Å². The number of alkyl halides is 2. The summed E-state index contributed by atoms with van der Waals surface area (Å²) in [5, 5.41) is 11.8. The monoisotopic (exact) mass is 206 g/mol. The number of carboxylic acid groups (broad SMARTS) is 1. The summed E-state index contributed by atoms with van der Waals surface area (Å²) in [7, 11) is 0. The molecule has 0 amide bonds. The van der Waals surface area contributed by atoms with Crippen LogP contribution in [0.25, 0.3) is 0 Å². The third-order valence-electron chi connectivity index (χ3n) is 1.66. The molecule has 1 aromatic rings. The molecule has 0 radical (unpaired) electrons. The highest BCUT2D eigenvalue weighted by atomic mass is 19.3. The van der Waals surface area contributed by atoms with Gasteiger partial charge in [-0.15, -0.1) is 0 Å². The first-order valence-electron chi connectivity index (χ1n) is 3.90. The summed E-state index contributed by atoms with van der Waals surface area (Å²) < 4.78 is 28.2. The molecule has 0 bridgehead atoms. The molecule has 1 heterocycles. The highest BCUT2D eigenvalue weighted by molar-refractivity contribution is 5.74. The maximum absolute atomic E-state index is 12.0. The Morgan fingerprint density at radius 2 is 2.29 bits per heavy atom. The molecule has 1 atom stereocenters. The van der Waals surface area contributed by atoms with Crippen molar-refractivity contribution in [2.75, 3.05) is 0 Å². The lowest BCUT2D eigenvalue weighted by Gasteiger charge is -2.01. The highest BCUT2D eigenvalue weighted by Gasteiger charge is 2.25. The van der Waals surface area contributed by atoms with E-state index in [9.17, 15) is 13.6 Å². The van der Waals surface area contributed by atoms with E-state index in [2.05, 4.69) is 14.7 Å². The van der Waals surface area contributed by atoms with E-state index < -0.39 is 24.2 Å². The van der Waals surface area contributed by atoms with E-state index in [0.29, 0.717) is 0 Å². The minimum absolute atomic E-state index is 0.213. The van der Waals surface area contributed by atoms with Gasteiger partial charge in [-0.1, -0.05) is 12.1 Å². The number of hydrogen-bond donors (Lipinski definition) is 1. The SMILES string of the molecule is CCC(C(=O)O)c1noc(C(F)F)n1. The Labute approximate surface area is 77.7 Å². The van der Waals surface area contributed by atoms with E-state index in [-0.39, 0.29) is 12.2 Å². The highest BCUT2D eigenvalue weighted by Crippen LogP contribution is 2.21. The molecule has 78 valence electrons. The topological polar surface area (TPSA) is 76.2 Å². The Morgan fingerprint density at radius 1 is 1.64 bits per heavy atom. The van der Waals surface area contributed by atoms with Crippen LogP contribution in [0, 0.1) is 0 Å². The molecule has 1 rings (SSSR count). The molecule has 14 heavy (non-hydrogen) atoms. The molecule has 5 nitrogen and oxygen atoms in total. The Balaban J connectivity index is 2.89. The molecule has 0 spiro atoms. The van der Waals surface area contributed by atoms with Crippen molar-refractivity contribution in [1.82, 2.24) is 10.1 Å². The number of aromatic nitrogens is 2. The summed E-state index contributed by atoms with van der Waals surface area (Å²) in [5.74, 6) is -3.21. The van der Waals surface area contributed by atoms with Gasteiger partial charge in [0.1, 0.15) is 5.92 Å². The Morgan fingerprint density at radius 3 is 2.64 bits per heavy atom. The van der Waals surface area contributed by atoms with E-state index >= 15 is 0 Å². The van der Waals surface area contributed by atoms with E-state index in [4.69, 9.17) is 5.11 Å². The van der Waals surface area contributed by atoms with Crippen molar-refractivity contribution in [2.24, 2.45) is 0 Å². The lowest BCUT2D eigenvalue weighted by atomic mass is 10.1. The second-order valence-corrected chi connectivity index (χ2v) is 2.59. The number of carbonyl (C=O) groups is 1. The summed E-state index contributed by atoms with van der Waals surface area (Å²) >= 11 is 0. The van der Waals surface area contributed by atoms with Crippen molar-refractivity contribution in [3.63, 3.8) is 0 Å². The predicted molar refractivity (Wildman–Crippen MR) is 39.9 cm³/mol. The van der Waals surface area contributed by atoms with Crippen molar-refractivity contribution in [3.05, 3.63) is 11.7 Å². The molecule has 1 unspecified atom stereocenters. The Hall–Kier alpha value is -1.53. The lowest BCUT2D eigenvalue weighted by Crippen LogP contribution is -2.12. The summed E-state index contributed by atoms with van der Waals surface area (Å²) in [6.07, 6.45) is -2.65. The average molecular weight is 206 g/mol. The van der Waals surface area contributed by atoms with Crippen LogP contribution in [0.3, 0.4) is 0 Å². The third kappa shape index (κ3) is 2.04. The van der Waals surface area contributed by atoms with Crippen molar-refractivity contribution in [2.45, 2.75) is 25.7 Å². The first-order chi connectivity index (χ1) is 6.56. The molecule has 1 N–H and O–H groups in total. The number of halogens is 2. The minimum atomic E-state index is -2.87. The molecular formula is C7H8F2N2O3. The van der Waals surface area contributed by atoms with Gasteiger partial charge >= 0.3 is 12.4 Å². The van der Waals surface area contributed by atoms with Crippen LogP contribution in [0.1, 0.15) is 37.4 Å². The fourth-order valence-corrected chi connectivity index (χ4v) is 0.945. The van der Waals surface area contributed by atoms with Crippen LogP contribution in [0.15, 0.2) is 4.52 Å². The molecular weight excluding hydrogens is 198 g/mol. The van der Waals surface area contributed by atoms with Gasteiger partial charge in [0.25, 0.3) is 5.89 Å². The Kier molecular flexibility index (Phi) is 3.10. The molecule has 0 saturated heterocycles. The van der Waals surface area contributed by atoms with E-state index in [1.165, 1.54) is 0 Å². The second kappa shape index (κ2) is 4.12. The molecule has 1 aromatic heterocycles. The van der Waals surface area contributed by atoms with Gasteiger partial charge in [0.05, 0.1) is 0 Å². The van der Waals surface area contributed by atoms with Crippen LogP contribution in [0.5, 0.6) is 0 Å². The van der Waals surface area contributed by atoms with E-state index in [1.807, 2.05) is 0 Å². The maximum atomic E-state index is 12.0. The van der Waals surface area contributed by atoms with Gasteiger partial charge in [-0.3, -0.25) is 4.79 Å². The smallest absolute Gasteiger partial charge is 0.315 e. The van der Waals surface area contributed by atoms with Gasteiger partial charge in [0, 0.05) is 0 Å². The van der Waals surface area contributed by atoms with Crippen molar-refractivity contribution in [3.8, 4) is 0 Å². The number of aliphatic carboxylic acids is 1. The number of carboxylic acids is 1. The van der Waals surface area contributed by atoms with Crippen molar-refractivity contribution in [1.29, 1.82) is 0 Å². The first-order valence-corrected chi connectivity index (χ1v) is 3.90. The standard InChI is InChI=1S/C7H8F2N2O3/c1-2-3(7(12)13)5-10-6(4(8)9)14-11-5/h3-4H,2H2,1H3,(H,12,13).